The van der Waals surface area contributed by atoms with Gasteiger partial charge >= 0.3 is 6.09 Å². The van der Waals surface area contributed by atoms with E-state index in [-0.39, 0.29) is 11.5 Å². The number of halogens is 1. The van der Waals surface area contributed by atoms with Crippen LogP contribution in [0.1, 0.15) is 29.5 Å². The van der Waals surface area contributed by atoms with Crippen LogP contribution in [0.4, 0.5) is 4.79 Å². The summed E-state index contributed by atoms with van der Waals surface area (Å²) < 4.78 is 6.62. The van der Waals surface area contributed by atoms with Crippen molar-refractivity contribution in [1.82, 2.24) is 4.90 Å². The molecule has 4 rings (SSSR count). The molecule has 2 aromatic carbocycles. The standard InChI is InChI=1S/C19H18BrNO2/c20-16-7-6-15-11-21(13-19(8-9-19)17(15)10-16)18(22)23-12-14-4-2-1-3-5-14/h1-7,10H,8-9,11-13H2. The van der Waals surface area contributed by atoms with Crippen LogP contribution in [-0.4, -0.2) is 17.5 Å². The maximum absolute atomic E-state index is 12.5. The minimum atomic E-state index is -0.214. The van der Waals surface area contributed by atoms with Gasteiger partial charge in [-0.05, 0) is 41.7 Å². The Morgan fingerprint density at radius 1 is 1.17 bits per heavy atom. The fourth-order valence-corrected chi connectivity index (χ4v) is 3.77. The zero-order valence-electron chi connectivity index (χ0n) is 12.8. The van der Waals surface area contributed by atoms with Gasteiger partial charge in [0, 0.05) is 23.0 Å². The van der Waals surface area contributed by atoms with Crippen LogP contribution in [-0.2, 0) is 23.3 Å². The molecule has 0 unspecified atom stereocenters. The monoisotopic (exact) mass is 371 g/mol. The molecule has 2 aromatic rings. The third-order valence-electron chi connectivity index (χ3n) is 4.81. The number of nitrogens with zero attached hydrogens (tertiary/aromatic N) is 1. The molecule has 1 heterocycles. The van der Waals surface area contributed by atoms with Crippen LogP contribution in [0.3, 0.4) is 0 Å². The first kappa shape index (κ1) is 14.8. The van der Waals surface area contributed by atoms with Crippen LogP contribution in [0.25, 0.3) is 0 Å². The van der Waals surface area contributed by atoms with E-state index in [9.17, 15) is 4.79 Å². The number of fused-ring (bicyclic) bond motifs is 2. The molecule has 0 N–H and O–H groups in total. The first-order valence-corrected chi connectivity index (χ1v) is 8.70. The Balaban J connectivity index is 1.48. The third-order valence-corrected chi connectivity index (χ3v) is 5.31. The van der Waals surface area contributed by atoms with Crippen LogP contribution in [0.2, 0.25) is 0 Å². The summed E-state index contributed by atoms with van der Waals surface area (Å²) in [5.41, 5.74) is 3.82. The van der Waals surface area contributed by atoms with Gasteiger partial charge in [0.15, 0.2) is 0 Å². The van der Waals surface area contributed by atoms with Crippen molar-refractivity contribution < 1.29 is 9.53 Å². The van der Waals surface area contributed by atoms with Crippen molar-refractivity contribution in [3.05, 3.63) is 69.7 Å². The highest BCUT2D eigenvalue weighted by molar-refractivity contribution is 9.10. The molecule has 1 spiro atoms. The maximum Gasteiger partial charge on any atom is 0.410 e. The summed E-state index contributed by atoms with van der Waals surface area (Å²) >= 11 is 3.56. The van der Waals surface area contributed by atoms with E-state index in [1.807, 2.05) is 41.3 Å². The molecule has 1 amide bonds. The number of hydrogen-bond acceptors (Lipinski definition) is 2. The lowest BCUT2D eigenvalue weighted by atomic mass is 9.87. The Morgan fingerprint density at radius 3 is 2.70 bits per heavy atom. The van der Waals surface area contributed by atoms with Gasteiger partial charge in [0.25, 0.3) is 0 Å². The minimum Gasteiger partial charge on any atom is -0.445 e. The lowest BCUT2D eigenvalue weighted by molar-refractivity contribution is 0.0866. The number of carbonyl (C=O) groups is 1. The Labute approximate surface area is 144 Å². The molecule has 0 aromatic heterocycles. The largest absolute Gasteiger partial charge is 0.445 e. The molecule has 1 aliphatic heterocycles. The third kappa shape index (κ3) is 2.88. The number of carbonyl (C=O) groups excluding carboxylic acids is 1. The number of hydrogen-bond donors (Lipinski definition) is 0. The van der Waals surface area contributed by atoms with Gasteiger partial charge in [0.2, 0.25) is 0 Å². The van der Waals surface area contributed by atoms with Crippen LogP contribution in [0.15, 0.2) is 53.0 Å². The van der Waals surface area contributed by atoms with E-state index in [2.05, 4.69) is 28.1 Å². The summed E-state index contributed by atoms with van der Waals surface area (Å²) in [6.07, 6.45) is 2.09. The highest BCUT2D eigenvalue weighted by Gasteiger charge is 2.50. The van der Waals surface area contributed by atoms with E-state index >= 15 is 0 Å². The molecule has 4 heteroatoms. The maximum atomic E-state index is 12.5. The van der Waals surface area contributed by atoms with Crippen LogP contribution >= 0.6 is 15.9 Å². The molecule has 3 nitrogen and oxygen atoms in total. The summed E-state index contributed by atoms with van der Waals surface area (Å²) in [5, 5.41) is 0. The van der Waals surface area contributed by atoms with E-state index in [1.165, 1.54) is 11.1 Å². The summed E-state index contributed by atoms with van der Waals surface area (Å²) in [7, 11) is 0. The van der Waals surface area contributed by atoms with Gasteiger partial charge in [-0.25, -0.2) is 4.79 Å². The zero-order chi connectivity index (χ0) is 15.9. The average Bonchev–Trinajstić information content (AvgIpc) is 3.34. The highest BCUT2D eigenvalue weighted by Crippen LogP contribution is 2.52. The second-order valence-corrected chi connectivity index (χ2v) is 7.39. The molecular formula is C19H18BrNO2. The Morgan fingerprint density at radius 2 is 1.96 bits per heavy atom. The molecule has 23 heavy (non-hydrogen) atoms. The fourth-order valence-electron chi connectivity index (χ4n) is 3.41. The van der Waals surface area contributed by atoms with Crippen molar-refractivity contribution in [3.8, 4) is 0 Å². The van der Waals surface area contributed by atoms with Gasteiger partial charge in [0.05, 0.1) is 0 Å². The molecule has 0 bridgehead atoms. The molecule has 2 aliphatic rings. The molecule has 1 saturated carbocycles. The van der Waals surface area contributed by atoms with Gasteiger partial charge in [-0.2, -0.15) is 0 Å². The second kappa shape index (κ2) is 5.68. The summed E-state index contributed by atoms with van der Waals surface area (Å²) in [4.78, 5) is 14.3. The Kier molecular flexibility index (Phi) is 3.64. The molecular weight excluding hydrogens is 354 g/mol. The lowest BCUT2D eigenvalue weighted by Crippen LogP contribution is -2.41. The van der Waals surface area contributed by atoms with E-state index in [1.54, 1.807) is 0 Å². The Bertz CT molecular complexity index is 740. The predicted molar refractivity (Wildman–Crippen MR) is 92.1 cm³/mol. The molecule has 1 aliphatic carbocycles. The zero-order valence-corrected chi connectivity index (χ0v) is 14.4. The van der Waals surface area contributed by atoms with Gasteiger partial charge in [-0.15, -0.1) is 0 Å². The van der Waals surface area contributed by atoms with E-state index in [0.717, 1.165) is 29.4 Å². The lowest BCUT2D eigenvalue weighted by Gasteiger charge is -2.34. The van der Waals surface area contributed by atoms with Crippen molar-refractivity contribution in [1.29, 1.82) is 0 Å². The minimum absolute atomic E-state index is 0.156. The molecule has 0 radical (unpaired) electrons. The van der Waals surface area contributed by atoms with Gasteiger partial charge in [0.1, 0.15) is 6.61 Å². The molecule has 0 saturated heterocycles. The first-order chi connectivity index (χ1) is 11.2. The highest BCUT2D eigenvalue weighted by atomic mass is 79.9. The topological polar surface area (TPSA) is 29.5 Å². The van der Waals surface area contributed by atoms with Crippen molar-refractivity contribution in [2.75, 3.05) is 6.54 Å². The van der Waals surface area contributed by atoms with Crippen molar-refractivity contribution >= 4 is 22.0 Å². The van der Waals surface area contributed by atoms with Crippen molar-refractivity contribution in [2.45, 2.75) is 31.4 Å². The SMILES string of the molecule is O=C(OCc1ccccc1)N1Cc2ccc(Br)cc2C2(CC2)C1. The normalized spacial score (nSPS) is 17.7. The number of amides is 1. The van der Waals surface area contributed by atoms with Gasteiger partial charge in [-0.1, -0.05) is 52.3 Å². The van der Waals surface area contributed by atoms with E-state index in [4.69, 9.17) is 4.74 Å². The molecule has 118 valence electrons. The van der Waals surface area contributed by atoms with Crippen LogP contribution in [0.5, 0.6) is 0 Å². The van der Waals surface area contributed by atoms with E-state index in [0.29, 0.717) is 13.2 Å². The van der Waals surface area contributed by atoms with Crippen LogP contribution in [0, 0.1) is 0 Å². The second-order valence-electron chi connectivity index (χ2n) is 6.48. The summed E-state index contributed by atoms with van der Waals surface area (Å²) in [5.74, 6) is 0. The first-order valence-electron chi connectivity index (χ1n) is 7.91. The van der Waals surface area contributed by atoms with Gasteiger partial charge < -0.3 is 9.64 Å². The quantitative estimate of drug-likeness (QED) is 0.769. The smallest absolute Gasteiger partial charge is 0.410 e. The molecule has 1 fully saturated rings. The fraction of sp³-hybridized carbons (Fsp3) is 0.316. The van der Waals surface area contributed by atoms with Gasteiger partial charge in [-0.3, -0.25) is 0 Å². The average molecular weight is 372 g/mol. The predicted octanol–water partition coefficient (Wildman–Crippen LogP) is 4.63. The number of rotatable bonds is 2. The van der Waals surface area contributed by atoms with Crippen molar-refractivity contribution in [3.63, 3.8) is 0 Å². The summed E-state index contributed by atoms with van der Waals surface area (Å²) in [6, 6.07) is 16.2. The molecule has 0 atom stereocenters. The Hall–Kier alpha value is -1.81. The number of benzene rings is 2. The van der Waals surface area contributed by atoms with E-state index < -0.39 is 0 Å². The summed E-state index contributed by atoms with van der Waals surface area (Å²) in [6.45, 7) is 1.73. The van der Waals surface area contributed by atoms with Crippen molar-refractivity contribution in [2.24, 2.45) is 0 Å². The van der Waals surface area contributed by atoms with Crippen LogP contribution < -0.4 is 0 Å². The number of ether oxygens (including phenoxy) is 1.